The molecule has 1 unspecified atom stereocenters. The van der Waals surface area contributed by atoms with Gasteiger partial charge in [-0.25, -0.2) is 9.37 Å². The van der Waals surface area contributed by atoms with Gasteiger partial charge in [0, 0.05) is 5.56 Å². The van der Waals surface area contributed by atoms with Crippen LogP contribution in [0.5, 0.6) is 0 Å². The first kappa shape index (κ1) is 14.7. The smallest absolute Gasteiger partial charge is 0.384 e. The zero-order valence-electron chi connectivity index (χ0n) is 9.83. The van der Waals surface area contributed by atoms with Crippen molar-refractivity contribution in [1.29, 1.82) is 0 Å². The number of rotatable bonds is 2. The number of pyridine rings is 1. The van der Waals surface area contributed by atoms with Gasteiger partial charge in [0.2, 0.25) is 0 Å². The van der Waals surface area contributed by atoms with Crippen LogP contribution < -0.4 is 0 Å². The molecule has 20 heavy (non-hydrogen) atoms. The summed E-state index contributed by atoms with van der Waals surface area (Å²) in [5.41, 5.74) is -0.821. The van der Waals surface area contributed by atoms with E-state index >= 15 is 0 Å². The monoisotopic (exact) mass is 305 g/mol. The van der Waals surface area contributed by atoms with Gasteiger partial charge in [-0.2, -0.15) is 13.2 Å². The quantitative estimate of drug-likeness (QED) is 0.672. The third-order valence-corrected chi connectivity index (χ3v) is 2.95. The minimum Gasteiger partial charge on any atom is -0.384 e. The Morgan fingerprint density at radius 2 is 1.65 bits per heavy atom. The van der Waals surface area contributed by atoms with Crippen molar-refractivity contribution in [3.05, 3.63) is 64.2 Å². The highest BCUT2D eigenvalue weighted by molar-refractivity contribution is 6.30. The van der Waals surface area contributed by atoms with Gasteiger partial charge in [-0.3, -0.25) is 0 Å². The van der Waals surface area contributed by atoms with E-state index in [0.29, 0.717) is 5.56 Å². The van der Waals surface area contributed by atoms with E-state index in [1.54, 1.807) is 0 Å². The second-order valence-corrected chi connectivity index (χ2v) is 4.39. The summed E-state index contributed by atoms with van der Waals surface area (Å²) in [5, 5.41) is 9.58. The number of hydrogen-bond acceptors (Lipinski definition) is 2. The Morgan fingerprint density at radius 1 is 1.05 bits per heavy atom. The molecule has 0 bridgehead atoms. The van der Waals surface area contributed by atoms with Gasteiger partial charge in [0.1, 0.15) is 22.8 Å². The molecule has 0 aliphatic rings. The molecule has 2 aromatic rings. The Labute approximate surface area is 116 Å². The van der Waals surface area contributed by atoms with Gasteiger partial charge in [0.05, 0.1) is 0 Å². The highest BCUT2D eigenvalue weighted by Gasteiger charge is 2.33. The molecule has 1 heterocycles. The van der Waals surface area contributed by atoms with E-state index in [9.17, 15) is 22.7 Å². The lowest BCUT2D eigenvalue weighted by molar-refractivity contribution is -0.141. The summed E-state index contributed by atoms with van der Waals surface area (Å²) in [6.45, 7) is 0. The predicted octanol–water partition coefficient (Wildman–Crippen LogP) is 3.97. The molecule has 1 N–H and O–H groups in total. The molecule has 2 nitrogen and oxygen atoms in total. The van der Waals surface area contributed by atoms with E-state index in [0.717, 1.165) is 24.3 Å². The fraction of sp³-hybridized carbons (Fsp3) is 0.154. The van der Waals surface area contributed by atoms with Crippen molar-refractivity contribution in [2.24, 2.45) is 0 Å². The molecule has 2 rings (SSSR count). The third-order valence-electron chi connectivity index (χ3n) is 2.65. The van der Waals surface area contributed by atoms with Crippen LogP contribution in [0.25, 0.3) is 0 Å². The van der Waals surface area contributed by atoms with Crippen molar-refractivity contribution in [2.75, 3.05) is 0 Å². The van der Waals surface area contributed by atoms with Gasteiger partial charge in [-0.1, -0.05) is 29.8 Å². The average Bonchev–Trinajstić information content (AvgIpc) is 2.37. The topological polar surface area (TPSA) is 33.1 Å². The molecule has 7 heteroatoms. The van der Waals surface area contributed by atoms with Crippen LogP contribution in [0.4, 0.5) is 17.6 Å². The number of nitrogens with zero attached hydrogens (tertiary/aromatic N) is 1. The molecule has 0 aliphatic carbocycles. The van der Waals surface area contributed by atoms with Crippen LogP contribution in [-0.2, 0) is 6.18 Å². The van der Waals surface area contributed by atoms with Gasteiger partial charge >= 0.3 is 6.18 Å². The zero-order chi connectivity index (χ0) is 14.9. The largest absolute Gasteiger partial charge is 0.433 e. The molecule has 0 spiro atoms. The number of aliphatic hydroxyl groups is 1. The molecule has 1 atom stereocenters. The Kier molecular flexibility index (Phi) is 3.96. The molecule has 0 radical (unpaired) electrons. The molecular weight excluding hydrogens is 298 g/mol. The molecule has 1 aromatic carbocycles. The van der Waals surface area contributed by atoms with Crippen LogP contribution in [0.15, 0.2) is 36.4 Å². The van der Waals surface area contributed by atoms with Crippen molar-refractivity contribution in [2.45, 2.75) is 12.3 Å². The molecule has 0 saturated carbocycles. The standard InChI is InChI=1S/C13H8ClF4NO/c14-12-9(5-6-10(19-12)13(16,17)18)11(20)7-1-3-8(15)4-2-7/h1-6,11,20H. The average molecular weight is 306 g/mol. The van der Waals surface area contributed by atoms with Crippen LogP contribution >= 0.6 is 11.6 Å². The normalized spacial score (nSPS) is 13.3. The lowest BCUT2D eigenvalue weighted by Gasteiger charge is -2.14. The summed E-state index contributed by atoms with van der Waals surface area (Å²) in [4.78, 5) is 3.21. The van der Waals surface area contributed by atoms with E-state index in [1.165, 1.54) is 12.1 Å². The van der Waals surface area contributed by atoms with Crippen LogP contribution in [0, 0.1) is 5.82 Å². The van der Waals surface area contributed by atoms with E-state index in [-0.39, 0.29) is 5.56 Å². The summed E-state index contributed by atoms with van der Waals surface area (Å²) >= 11 is 5.67. The highest BCUT2D eigenvalue weighted by atomic mass is 35.5. The number of halogens is 5. The minimum atomic E-state index is -4.61. The van der Waals surface area contributed by atoms with E-state index in [2.05, 4.69) is 4.98 Å². The maximum Gasteiger partial charge on any atom is 0.433 e. The van der Waals surface area contributed by atoms with Crippen LogP contribution in [0.3, 0.4) is 0 Å². The highest BCUT2D eigenvalue weighted by Crippen LogP contribution is 2.32. The van der Waals surface area contributed by atoms with Gasteiger partial charge in [-0.05, 0) is 23.8 Å². The first-order valence-corrected chi connectivity index (χ1v) is 5.84. The lowest BCUT2D eigenvalue weighted by atomic mass is 10.0. The fourth-order valence-corrected chi connectivity index (χ4v) is 1.89. The van der Waals surface area contributed by atoms with E-state index < -0.39 is 28.9 Å². The third kappa shape index (κ3) is 3.08. The number of hydrogen-bond donors (Lipinski definition) is 1. The summed E-state index contributed by atoms with van der Waals surface area (Å²) in [6, 6.07) is 6.66. The lowest BCUT2D eigenvalue weighted by Crippen LogP contribution is -2.10. The second kappa shape index (κ2) is 5.38. The first-order valence-electron chi connectivity index (χ1n) is 5.46. The Bertz CT molecular complexity index is 613. The summed E-state index contributed by atoms with van der Waals surface area (Å²) < 4.78 is 50.1. The molecule has 1 aromatic heterocycles. The van der Waals surface area contributed by atoms with Crippen LogP contribution in [0.1, 0.15) is 22.9 Å². The number of aromatic nitrogens is 1. The van der Waals surface area contributed by atoms with Crippen LogP contribution in [-0.4, -0.2) is 10.1 Å². The number of benzene rings is 1. The van der Waals surface area contributed by atoms with Crippen LogP contribution in [0.2, 0.25) is 5.15 Å². The van der Waals surface area contributed by atoms with Crippen molar-refractivity contribution >= 4 is 11.6 Å². The molecule has 0 amide bonds. The fourth-order valence-electron chi connectivity index (χ4n) is 1.63. The van der Waals surface area contributed by atoms with Crippen molar-refractivity contribution in [3.63, 3.8) is 0 Å². The molecule has 106 valence electrons. The van der Waals surface area contributed by atoms with E-state index in [1.807, 2.05) is 0 Å². The van der Waals surface area contributed by atoms with Crippen molar-refractivity contribution in [3.8, 4) is 0 Å². The predicted molar refractivity (Wildman–Crippen MR) is 64.7 cm³/mol. The van der Waals surface area contributed by atoms with Crippen molar-refractivity contribution in [1.82, 2.24) is 4.98 Å². The van der Waals surface area contributed by atoms with E-state index in [4.69, 9.17) is 11.6 Å². The van der Waals surface area contributed by atoms with Crippen molar-refractivity contribution < 1.29 is 22.7 Å². The number of aliphatic hydroxyl groups excluding tert-OH is 1. The SMILES string of the molecule is OC(c1ccc(F)cc1)c1ccc(C(F)(F)F)nc1Cl. The summed E-state index contributed by atoms with van der Waals surface area (Å²) in [7, 11) is 0. The van der Waals surface area contributed by atoms with Gasteiger partial charge < -0.3 is 5.11 Å². The maximum absolute atomic E-state index is 12.8. The Morgan fingerprint density at radius 3 is 2.15 bits per heavy atom. The zero-order valence-corrected chi connectivity index (χ0v) is 10.6. The second-order valence-electron chi connectivity index (χ2n) is 4.03. The van der Waals surface area contributed by atoms with Gasteiger partial charge in [0.15, 0.2) is 0 Å². The maximum atomic E-state index is 12.8. The summed E-state index contributed by atoms with van der Waals surface area (Å²) in [5.74, 6) is -0.488. The van der Waals surface area contributed by atoms with Gasteiger partial charge in [0.25, 0.3) is 0 Å². The number of alkyl halides is 3. The Hall–Kier alpha value is -1.66. The Balaban J connectivity index is 2.36. The molecule has 0 saturated heterocycles. The molecule has 0 fully saturated rings. The summed E-state index contributed by atoms with van der Waals surface area (Å²) in [6.07, 6.45) is -5.89. The van der Waals surface area contributed by atoms with Gasteiger partial charge in [-0.15, -0.1) is 0 Å². The molecular formula is C13H8ClF4NO. The molecule has 0 aliphatic heterocycles. The minimum absolute atomic E-state index is 0.0197. The first-order chi connectivity index (χ1) is 9.29.